The molecule has 0 spiro atoms. The number of ketones is 2. The van der Waals surface area contributed by atoms with E-state index in [9.17, 15) is 14.7 Å². The second kappa shape index (κ2) is 6.69. The maximum Gasteiger partial charge on any atom is 0.194 e. The first kappa shape index (κ1) is 21.0. The first-order valence-corrected chi connectivity index (χ1v) is 10.0. The van der Waals surface area contributed by atoms with E-state index in [1.807, 2.05) is 73.6 Å². The number of aryl methyl sites for hydroxylation is 2. The van der Waals surface area contributed by atoms with Crippen molar-refractivity contribution in [2.45, 2.75) is 66.2 Å². The molecule has 29 heavy (non-hydrogen) atoms. The van der Waals surface area contributed by atoms with Gasteiger partial charge in [-0.15, -0.1) is 0 Å². The van der Waals surface area contributed by atoms with E-state index in [-0.39, 0.29) is 28.1 Å². The van der Waals surface area contributed by atoms with Gasteiger partial charge in [0.05, 0.1) is 0 Å². The Morgan fingerprint density at radius 3 is 1.79 bits per heavy atom. The molecule has 0 aromatic heterocycles. The first-order chi connectivity index (χ1) is 13.2. The Balaban J connectivity index is 2.29. The zero-order chi connectivity index (χ0) is 21.9. The van der Waals surface area contributed by atoms with Gasteiger partial charge in [-0.05, 0) is 60.1 Å². The topological polar surface area (TPSA) is 54.4 Å². The van der Waals surface area contributed by atoms with Gasteiger partial charge in [0.2, 0.25) is 0 Å². The van der Waals surface area contributed by atoms with E-state index in [2.05, 4.69) is 0 Å². The molecule has 1 aliphatic rings. The highest BCUT2D eigenvalue weighted by Crippen LogP contribution is 2.42. The van der Waals surface area contributed by atoms with Gasteiger partial charge < -0.3 is 5.11 Å². The van der Waals surface area contributed by atoms with E-state index < -0.39 is 0 Å². The summed E-state index contributed by atoms with van der Waals surface area (Å²) in [7, 11) is 0. The third-order valence-electron chi connectivity index (χ3n) is 5.53. The molecule has 0 unspecified atom stereocenters. The summed E-state index contributed by atoms with van der Waals surface area (Å²) in [4.78, 5) is 26.3. The lowest BCUT2D eigenvalue weighted by Crippen LogP contribution is -2.21. The number of phenols is 1. The Kier molecular flexibility index (Phi) is 4.85. The third-order valence-corrected chi connectivity index (χ3v) is 5.53. The molecule has 0 saturated carbocycles. The predicted octanol–water partition coefficient (Wildman–Crippen LogP) is 6.07. The molecule has 3 rings (SSSR count). The molecule has 2 aromatic carbocycles. The molecule has 1 N–H and O–H groups in total. The molecule has 3 heteroatoms. The van der Waals surface area contributed by atoms with Crippen molar-refractivity contribution in [3.05, 3.63) is 69.3 Å². The average molecular weight is 391 g/mol. The number of carbonyl (C=O) groups is 2. The largest absolute Gasteiger partial charge is 0.507 e. The van der Waals surface area contributed by atoms with Gasteiger partial charge in [0.1, 0.15) is 5.75 Å². The van der Waals surface area contributed by atoms with Crippen LogP contribution >= 0.6 is 0 Å². The Bertz CT molecular complexity index is 1040. The van der Waals surface area contributed by atoms with Crippen molar-refractivity contribution in [3.63, 3.8) is 0 Å². The minimum Gasteiger partial charge on any atom is -0.507 e. The summed E-state index contributed by atoms with van der Waals surface area (Å²) in [6, 6.07) is 7.44. The molecule has 0 bridgehead atoms. The number of rotatable bonds is 1. The molecule has 0 heterocycles. The number of Topliss-reactive ketones (excluding diaryl/α,β-unsaturated/α-hetero) is 1. The van der Waals surface area contributed by atoms with Crippen LogP contribution in [0.5, 0.6) is 5.75 Å². The molecule has 0 saturated heterocycles. The molecule has 0 fully saturated rings. The summed E-state index contributed by atoms with van der Waals surface area (Å²) in [5, 5.41) is 11.0. The maximum absolute atomic E-state index is 13.4. The molecule has 0 radical (unpaired) electrons. The quantitative estimate of drug-likeness (QED) is 0.643. The lowest BCUT2D eigenvalue weighted by atomic mass is 9.76. The number of phenolic OH excluding ortho intramolecular Hbond substituents is 1. The van der Waals surface area contributed by atoms with E-state index in [4.69, 9.17) is 0 Å². The summed E-state index contributed by atoms with van der Waals surface area (Å²) in [5.74, 6) is -0.0252. The summed E-state index contributed by atoms with van der Waals surface area (Å²) in [6.45, 7) is 16.0. The first-order valence-electron chi connectivity index (χ1n) is 10.0. The fourth-order valence-electron chi connectivity index (χ4n) is 4.02. The van der Waals surface area contributed by atoms with Gasteiger partial charge in [0.15, 0.2) is 11.6 Å². The lowest BCUT2D eigenvalue weighted by molar-refractivity contribution is 0.100. The minimum absolute atomic E-state index is 0.137. The fourth-order valence-corrected chi connectivity index (χ4v) is 4.02. The zero-order valence-corrected chi connectivity index (χ0v) is 18.7. The van der Waals surface area contributed by atoms with Crippen molar-refractivity contribution < 1.29 is 14.7 Å². The normalized spacial score (nSPS) is 14.7. The molecular formula is C26H30O3. The number of hydrogen-bond donors (Lipinski definition) is 1. The van der Waals surface area contributed by atoms with Crippen molar-refractivity contribution in [2.75, 3.05) is 0 Å². The smallest absolute Gasteiger partial charge is 0.194 e. The Morgan fingerprint density at radius 1 is 0.793 bits per heavy atom. The average Bonchev–Trinajstić information content (AvgIpc) is 2.55. The number of benzene rings is 2. The lowest BCUT2D eigenvalue weighted by Gasteiger charge is -2.29. The van der Waals surface area contributed by atoms with E-state index in [0.717, 1.165) is 22.3 Å². The van der Waals surface area contributed by atoms with Crippen molar-refractivity contribution in [2.24, 2.45) is 0 Å². The molecule has 2 aromatic rings. The molecule has 0 amide bonds. The highest BCUT2D eigenvalue weighted by molar-refractivity contribution is 6.39. The highest BCUT2D eigenvalue weighted by Gasteiger charge is 2.32. The summed E-state index contributed by atoms with van der Waals surface area (Å²) in [5.41, 5.74) is 4.74. The SMILES string of the molecule is Cc1cc(C)c2c(c1)C(=O)C=C(c1cc(C(C)(C)C)c(O)c(C(C)(C)C)c1)C2=O. The van der Waals surface area contributed by atoms with Crippen LogP contribution in [0, 0.1) is 13.8 Å². The molecular weight excluding hydrogens is 360 g/mol. The standard InChI is InChI=1S/C26H30O3/c1-14-9-15(2)22-18(10-14)21(27)13-17(23(22)28)16-11-19(25(3,4)5)24(29)20(12-16)26(6,7)8/h9-13,29H,1-8H3. The number of hydrogen-bond acceptors (Lipinski definition) is 3. The van der Waals surface area contributed by atoms with Crippen LogP contribution in [0.3, 0.4) is 0 Å². The zero-order valence-electron chi connectivity index (χ0n) is 18.7. The van der Waals surface area contributed by atoms with Crippen molar-refractivity contribution in [3.8, 4) is 5.75 Å². The second-order valence-electron chi connectivity index (χ2n) is 10.2. The van der Waals surface area contributed by atoms with E-state index in [1.165, 1.54) is 6.08 Å². The van der Waals surface area contributed by atoms with Crippen molar-refractivity contribution in [1.29, 1.82) is 0 Å². The van der Waals surface area contributed by atoms with Crippen LogP contribution in [0.1, 0.15) is 90.1 Å². The van der Waals surface area contributed by atoms with E-state index in [1.54, 1.807) is 6.07 Å². The van der Waals surface area contributed by atoms with E-state index >= 15 is 0 Å². The van der Waals surface area contributed by atoms with Crippen LogP contribution in [-0.2, 0) is 10.8 Å². The van der Waals surface area contributed by atoms with Gasteiger partial charge >= 0.3 is 0 Å². The fraction of sp³-hybridized carbons (Fsp3) is 0.385. The van der Waals surface area contributed by atoms with Crippen LogP contribution in [-0.4, -0.2) is 16.7 Å². The number of allylic oxidation sites excluding steroid dienone is 2. The number of carbonyl (C=O) groups excluding carboxylic acids is 2. The second-order valence-corrected chi connectivity index (χ2v) is 10.2. The van der Waals surface area contributed by atoms with Crippen molar-refractivity contribution >= 4 is 17.1 Å². The molecule has 152 valence electrons. The Hall–Kier alpha value is -2.68. The molecule has 0 aliphatic heterocycles. The van der Waals surface area contributed by atoms with Crippen LogP contribution in [0.15, 0.2) is 30.3 Å². The molecule has 1 aliphatic carbocycles. The summed E-state index contributed by atoms with van der Waals surface area (Å²) >= 11 is 0. The van der Waals surface area contributed by atoms with Crippen molar-refractivity contribution in [1.82, 2.24) is 0 Å². The number of aromatic hydroxyl groups is 1. The number of fused-ring (bicyclic) bond motifs is 1. The van der Waals surface area contributed by atoms with Crippen LogP contribution in [0.25, 0.3) is 5.57 Å². The van der Waals surface area contributed by atoms with Crippen LogP contribution in [0.4, 0.5) is 0 Å². The van der Waals surface area contributed by atoms with Gasteiger partial charge in [-0.2, -0.15) is 0 Å². The van der Waals surface area contributed by atoms with Gasteiger partial charge in [-0.3, -0.25) is 9.59 Å². The van der Waals surface area contributed by atoms with Gasteiger partial charge in [-0.25, -0.2) is 0 Å². The molecule has 3 nitrogen and oxygen atoms in total. The van der Waals surface area contributed by atoms with Gasteiger partial charge in [0.25, 0.3) is 0 Å². The van der Waals surface area contributed by atoms with Gasteiger partial charge in [0, 0.05) is 27.8 Å². The van der Waals surface area contributed by atoms with Crippen LogP contribution in [0.2, 0.25) is 0 Å². The summed E-state index contributed by atoms with van der Waals surface area (Å²) in [6.07, 6.45) is 1.45. The van der Waals surface area contributed by atoms with Gasteiger partial charge in [-0.1, -0.05) is 53.2 Å². The van der Waals surface area contributed by atoms with Crippen LogP contribution < -0.4 is 0 Å². The van der Waals surface area contributed by atoms with E-state index in [0.29, 0.717) is 22.3 Å². The monoisotopic (exact) mass is 390 g/mol. The molecule has 0 atom stereocenters. The summed E-state index contributed by atoms with van der Waals surface area (Å²) < 4.78 is 0. The third kappa shape index (κ3) is 3.66. The predicted molar refractivity (Wildman–Crippen MR) is 118 cm³/mol. The maximum atomic E-state index is 13.4. The highest BCUT2D eigenvalue weighted by atomic mass is 16.3. The Morgan fingerprint density at radius 2 is 1.31 bits per heavy atom. The Labute approximate surface area is 173 Å². The minimum atomic E-state index is -0.312.